The Morgan fingerprint density at radius 3 is 2.54 bits per heavy atom. The van der Waals surface area contributed by atoms with E-state index >= 15 is 0 Å². The minimum atomic E-state index is -0.138. The van der Waals surface area contributed by atoms with E-state index in [1.165, 1.54) is 0 Å². The molecular weight excluding hydrogens is 354 g/mol. The number of pyridine rings is 1. The van der Waals surface area contributed by atoms with Crippen LogP contribution >= 0.6 is 0 Å². The second kappa shape index (κ2) is 8.52. The summed E-state index contributed by atoms with van der Waals surface area (Å²) in [6.45, 7) is 6.88. The maximum atomic E-state index is 13.1. The molecule has 2 aromatic heterocycles. The van der Waals surface area contributed by atoms with Gasteiger partial charge in [-0.05, 0) is 51.5 Å². The maximum Gasteiger partial charge on any atom is 0.260 e. The van der Waals surface area contributed by atoms with Gasteiger partial charge >= 0.3 is 0 Å². The van der Waals surface area contributed by atoms with Crippen molar-refractivity contribution in [1.82, 2.24) is 14.5 Å². The Kier molecular flexibility index (Phi) is 6.28. The molecule has 3 rings (SSSR count). The highest BCUT2D eigenvalue weighted by Crippen LogP contribution is 2.26. The van der Waals surface area contributed by atoms with Crippen LogP contribution in [0.3, 0.4) is 0 Å². The van der Waals surface area contributed by atoms with Gasteiger partial charge in [-0.1, -0.05) is 13.3 Å². The molecule has 1 fully saturated rings. The lowest BCUT2D eigenvalue weighted by atomic mass is 9.92. The minimum Gasteiger partial charge on any atom is -0.378 e. The van der Waals surface area contributed by atoms with E-state index < -0.39 is 0 Å². The number of carbonyl (C=O) groups is 1. The van der Waals surface area contributed by atoms with Gasteiger partial charge in [-0.25, -0.2) is 0 Å². The monoisotopic (exact) mass is 387 g/mol. The summed E-state index contributed by atoms with van der Waals surface area (Å²) in [5.74, 6) is -0.138. The quantitative estimate of drug-likeness (QED) is 0.773. The van der Waals surface area contributed by atoms with E-state index in [2.05, 4.69) is 12.2 Å². The Balaban J connectivity index is 1.77. The van der Waals surface area contributed by atoms with Crippen LogP contribution in [0.4, 0.5) is 0 Å². The number of amides is 1. The molecule has 1 aliphatic carbocycles. The van der Waals surface area contributed by atoms with Crippen LogP contribution in [-0.4, -0.2) is 33.8 Å². The molecule has 1 N–H and O–H groups in total. The fraction of sp³-hybridized carbons (Fsp3) is 0.636. The van der Waals surface area contributed by atoms with E-state index in [0.717, 1.165) is 61.9 Å². The number of aryl methyl sites for hydroxylation is 3. The van der Waals surface area contributed by atoms with Crippen LogP contribution in [0, 0.1) is 13.8 Å². The predicted octanol–water partition coefficient (Wildman–Crippen LogP) is 3.35. The molecule has 0 unspecified atom stereocenters. The van der Waals surface area contributed by atoms with Crippen molar-refractivity contribution in [3.63, 3.8) is 0 Å². The van der Waals surface area contributed by atoms with Crippen molar-refractivity contribution in [2.75, 3.05) is 6.61 Å². The van der Waals surface area contributed by atoms with Gasteiger partial charge in [0.25, 0.3) is 11.5 Å². The zero-order chi connectivity index (χ0) is 20.4. The Morgan fingerprint density at radius 1 is 1.21 bits per heavy atom. The summed E-state index contributed by atoms with van der Waals surface area (Å²) in [5.41, 5.74) is 3.06. The molecule has 0 saturated heterocycles. The Hall–Kier alpha value is -2.08. The SMILES string of the molecule is CCCCOC1CCC(NC(=O)c2c(C)n(C)c3c(C)cn(C)c(=O)c23)CC1. The van der Waals surface area contributed by atoms with E-state index in [9.17, 15) is 9.59 Å². The summed E-state index contributed by atoms with van der Waals surface area (Å²) in [5, 5.41) is 3.70. The van der Waals surface area contributed by atoms with Gasteiger partial charge in [-0.3, -0.25) is 9.59 Å². The van der Waals surface area contributed by atoms with Crippen LogP contribution in [0.2, 0.25) is 0 Å². The van der Waals surface area contributed by atoms with E-state index in [-0.39, 0.29) is 17.5 Å². The summed E-state index contributed by atoms with van der Waals surface area (Å²) in [6, 6.07) is 0.141. The highest BCUT2D eigenvalue weighted by atomic mass is 16.5. The molecule has 0 radical (unpaired) electrons. The smallest absolute Gasteiger partial charge is 0.260 e. The number of carbonyl (C=O) groups excluding carboxylic acids is 1. The van der Waals surface area contributed by atoms with E-state index in [1.54, 1.807) is 11.6 Å². The number of fused-ring (bicyclic) bond motifs is 1. The van der Waals surface area contributed by atoms with E-state index in [4.69, 9.17) is 4.74 Å². The Labute approximate surface area is 166 Å². The normalized spacial score (nSPS) is 19.9. The lowest BCUT2D eigenvalue weighted by Gasteiger charge is -2.29. The fourth-order valence-electron chi connectivity index (χ4n) is 4.36. The van der Waals surface area contributed by atoms with E-state index in [0.29, 0.717) is 17.1 Å². The molecule has 28 heavy (non-hydrogen) atoms. The highest BCUT2D eigenvalue weighted by molar-refractivity contribution is 6.08. The number of nitrogens with one attached hydrogen (secondary N) is 1. The number of hydrogen-bond acceptors (Lipinski definition) is 3. The first kappa shape index (κ1) is 20.6. The van der Waals surface area contributed by atoms with Crippen molar-refractivity contribution in [2.24, 2.45) is 14.1 Å². The topological polar surface area (TPSA) is 65.3 Å². The number of rotatable bonds is 6. The lowest BCUT2D eigenvalue weighted by Crippen LogP contribution is -2.39. The largest absolute Gasteiger partial charge is 0.378 e. The van der Waals surface area contributed by atoms with Crippen LogP contribution < -0.4 is 10.9 Å². The Morgan fingerprint density at radius 2 is 1.89 bits per heavy atom. The predicted molar refractivity (Wildman–Crippen MR) is 112 cm³/mol. The summed E-state index contributed by atoms with van der Waals surface area (Å²) < 4.78 is 9.44. The van der Waals surface area contributed by atoms with Crippen LogP contribution in [0.15, 0.2) is 11.0 Å². The summed E-state index contributed by atoms with van der Waals surface area (Å²) in [4.78, 5) is 25.9. The number of unbranched alkanes of at least 4 members (excludes halogenated alkanes) is 1. The zero-order valence-corrected chi connectivity index (χ0v) is 17.8. The number of nitrogens with zero attached hydrogens (tertiary/aromatic N) is 2. The van der Waals surface area contributed by atoms with Gasteiger partial charge in [0.1, 0.15) is 0 Å². The van der Waals surface area contributed by atoms with Crippen molar-refractivity contribution in [3.05, 3.63) is 33.4 Å². The summed E-state index contributed by atoms with van der Waals surface area (Å²) in [6.07, 6.45) is 8.18. The zero-order valence-electron chi connectivity index (χ0n) is 17.8. The molecule has 2 aromatic rings. The molecular formula is C22H33N3O3. The average Bonchev–Trinajstić information content (AvgIpc) is 2.93. The first-order valence-electron chi connectivity index (χ1n) is 10.4. The van der Waals surface area contributed by atoms with Crippen LogP contribution in [0.1, 0.15) is 67.1 Å². The van der Waals surface area contributed by atoms with Gasteiger partial charge in [0.05, 0.1) is 22.6 Å². The van der Waals surface area contributed by atoms with Crippen molar-refractivity contribution in [1.29, 1.82) is 0 Å². The summed E-state index contributed by atoms with van der Waals surface area (Å²) in [7, 11) is 3.65. The fourth-order valence-corrected chi connectivity index (χ4v) is 4.36. The number of ether oxygens (including phenoxy) is 1. The molecule has 2 heterocycles. The van der Waals surface area contributed by atoms with Gasteiger partial charge in [-0.15, -0.1) is 0 Å². The first-order chi connectivity index (χ1) is 13.3. The highest BCUT2D eigenvalue weighted by Gasteiger charge is 2.27. The van der Waals surface area contributed by atoms with Gasteiger partial charge < -0.3 is 19.2 Å². The second-order valence-electron chi connectivity index (χ2n) is 8.14. The first-order valence-corrected chi connectivity index (χ1v) is 10.4. The van der Waals surface area contributed by atoms with Crippen molar-refractivity contribution in [3.8, 4) is 0 Å². The van der Waals surface area contributed by atoms with Crippen LogP contribution in [0.5, 0.6) is 0 Å². The maximum absolute atomic E-state index is 13.1. The molecule has 1 aliphatic rings. The minimum absolute atomic E-state index is 0.123. The third kappa shape index (κ3) is 3.88. The second-order valence-corrected chi connectivity index (χ2v) is 8.14. The van der Waals surface area contributed by atoms with Crippen LogP contribution in [-0.2, 0) is 18.8 Å². The standard InChI is InChI=1S/C22H33N3O3/c1-6-7-12-28-17-10-8-16(9-11-17)23-21(26)18-15(3)25(5)20-14(2)13-24(4)22(27)19(18)20/h13,16-17H,6-12H2,1-5H3,(H,23,26). The van der Waals surface area contributed by atoms with Crippen LogP contribution in [0.25, 0.3) is 10.9 Å². The van der Waals surface area contributed by atoms with Crippen molar-refractivity contribution in [2.45, 2.75) is 71.4 Å². The molecule has 1 saturated carbocycles. The third-order valence-corrected chi connectivity index (χ3v) is 6.07. The van der Waals surface area contributed by atoms with Gasteiger partial charge in [0, 0.05) is 38.6 Å². The number of hydrogen-bond donors (Lipinski definition) is 1. The Bertz CT molecular complexity index is 917. The van der Waals surface area contributed by atoms with Gasteiger partial charge in [-0.2, -0.15) is 0 Å². The van der Waals surface area contributed by atoms with Gasteiger partial charge in [0.2, 0.25) is 0 Å². The lowest BCUT2D eigenvalue weighted by molar-refractivity contribution is 0.0209. The molecule has 1 amide bonds. The molecule has 0 atom stereocenters. The average molecular weight is 388 g/mol. The van der Waals surface area contributed by atoms with Gasteiger partial charge in [0.15, 0.2) is 0 Å². The third-order valence-electron chi connectivity index (χ3n) is 6.07. The molecule has 0 spiro atoms. The molecule has 154 valence electrons. The molecule has 6 nitrogen and oxygen atoms in total. The molecule has 0 bridgehead atoms. The van der Waals surface area contributed by atoms with Crippen molar-refractivity contribution >= 4 is 16.8 Å². The molecule has 0 aromatic carbocycles. The van der Waals surface area contributed by atoms with Crippen molar-refractivity contribution < 1.29 is 9.53 Å². The molecule has 6 heteroatoms. The summed E-state index contributed by atoms with van der Waals surface area (Å²) >= 11 is 0. The van der Waals surface area contributed by atoms with E-state index in [1.807, 2.05) is 31.7 Å². The molecule has 0 aliphatic heterocycles. The number of aromatic nitrogens is 2.